The van der Waals surface area contributed by atoms with Crippen LogP contribution in [-0.2, 0) is 6.42 Å². The van der Waals surface area contributed by atoms with E-state index < -0.39 is 0 Å². The molecule has 0 fully saturated rings. The molecule has 0 aliphatic rings. The Morgan fingerprint density at radius 1 is 1.53 bits per heavy atom. The second-order valence-electron chi connectivity index (χ2n) is 3.24. The van der Waals surface area contributed by atoms with E-state index in [1.165, 1.54) is 0 Å². The van der Waals surface area contributed by atoms with Crippen molar-refractivity contribution in [2.24, 2.45) is 0 Å². The van der Waals surface area contributed by atoms with E-state index in [-0.39, 0.29) is 0 Å². The molecule has 0 amide bonds. The van der Waals surface area contributed by atoms with E-state index >= 15 is 0 Å². The number of likely N-dealkylation sites (N-methyl/N-ethyl adjacent to an activating group) is 1. The van der Waals surface area contributed by atoms with Gasteiger partial charge in [0, 0.05) is 13.0 Å². The largest absolute Gasteiger partial charge is 0.319 e. The van der Waals surface area contributed by atoms with E-state index in [0.29, 0.717) is 5.15 Å². The molecule has 1 N–H and O–H groups in total. The van der Waals surface area contributed by atoms with E-state index in [2.05, 4.69) is 26.2 Å². The smallest absolute Gasteiger partial charge is 0.132 e. The van der Waals surface area contributed by atoms with Gasteiger partial charge in [0.05, 0.1) is 5.52 Å². The topological polar surface area (TPSA) is 29.3 Å². The van der Waals surface area contributed by atoms with Crippen molar-refractivity contribution >= 4 is 33.0 Å². The monoisotopic (exact) mass is 287 g/mol. The fraction of sp³-hybridized carbons (Fsp3) is 0.300. The SMILES string of the molecule is CNCCc1nc(Br)c2cccc(Cl)n12. The number of nitrogens with one attached hydrogen (secondary N) is 1. The van der Waals surface area contributed by atoms with Gasteiger partial charge in [0.2, 0.25) is 0 Å². The maximum Gasteiger partial charge on any atom is 0.132 e. The minimum absolute atomic E-state index is 0.691. The van der Waals surface area contributed by atoms with Crippen molar-refractivity contribution in [2.45, 2.75) is 6.42 Å². The number of rotatable bonds is 3. The summed E-state index contributed by atoms with van der Waals surface area (Å²) in [6.07, 6.45) is 0.854. The summed E-state index contributed by atoms with van der Waals surface area (Å²) in [6, 6.07) is 5.78. The number of hydrogen-bond donors (Lipinski definition) is 1. The van der Waals surface area contributed by atoms with E-state index in [9.17, 15) is 0 Å². The first kappa shape index (κ1) is 10.9. The van der Waals surface area contributed by atoms with Crippen LogP contribution < -0.4 is 5.32 Å². The molecule has 2 rings (SSSR count). The second kappa shape index (κ2) is 4.51. The fourth-order valence-corrected chi connectivity index (χ4v) is 2.31. The summed E-state index contributed by atoms with van der Waals surface area (Å²) in [5, 5.41) is 3.79. The van der Waals surface area contributed by atoms with Gasteiger partial charge in [0.1, 0.15) is 15.6 Å². The summed E-state index contributed by atoms with van der Waals surface area (Å²) in [7, 11) is 1.92. The molecule has 2 aromatic heterocycles. The lowest BCUT2D eigenvalue weighted by molar-refractivity contribution is 0.753. The Hall–Kier alpha value is -0.580. The van der Waals surface area contributed by atoms with Crippen molar-refractivity contribution in [3.63, 3.8) is 0 Å². The maximum absolute atomic E-state index is 6.14. The van der Waals surface area contributed by atoms with E-state index in [1.807, 2.05) is 29.6 Å². The molecule has 3 nitrogen and oxygen atoms in total. The van der Waals surface area contributed by atoms with Gasteiger partial charge in [-0.15, -0.1) is 0 Å². The predicted molar refractivity (Wildman–Crippen MR) is 65.5 cm³/mol. The molecule has 0 aliphatic heterocycles. The zero-order valence-electron chi connectivity index (χ0n) is 8.30. The van der Waals surface area contributed by atoms with Crippen LogP contribution in [0.25, 0.3) is 5.52 Å². The van der Waals surface area contributed by atoms with Gasteiger partial charge in [-0.1, -0.05) is 17.7 Å². The lowest BCUT2D eigenvalue weighted by Gasteiger charge is -2.02. The number of halogens is 2. The molecule has 0 saturated heterocycles. The van der Waals surface area contributed by atoms with Crippen LogP contribution in [0, 0.1) is 0 Å². The number of pyridine rings is 1. The molecule has 0 aliphatic carbocycles. The first-order valence-corrected chi connectivity index (χ1v) is 5.87. The van der Waals surface area contributed by atoms with Gasteiger partial charge < -0.3 is 5.32 Å². The average molecular weight is 289 g/mol. The van der Waals surface area contributed by atoms with E-state index in [1.54, 1.807) is 0 Å². The Balaban J connectivity index is 2.54. The van der Waals surface area contributed by atoms with Gasteiger partial charge in [-0.25, -0.2) is 4.98 Å². The molecule has 5 heteroatoms. The van der Waals surface area contributed by atoms with Crippen LogP contribution in [0.2, 0.25) is 5.15 Å². The number of fused-ring (bicyclic) bond motifs is 1. The molecular weight excluding hydrogens is 277 g/mol. The second-order valence-corrected chi connectivity index (χ2v) is 4.38. The number of aromatic nitrogens is 2. The highest BCUT2D eigenvalue weighted by Gasteiger charge is 2.10. The highest BCUT2D eigenvalue weighted by molar-refractivity contribution is 9.10. The lowest BCUT2D eigenvalue weighted by atomic mass is 10.4. The average Bonchev–Trinajstić information content (AvgIpc) is 2.55. The van der Waals surface area contributed by atoms with Crippen molar-refractivity contribution in [2.75, 3.05) is 13.6 Å². The summed E-state index contributed by atoms with van der Waals surface area (Å²) < 4.78 is 2.80. The molecule has 0 aromatic carbocycles. The van der Waals surface area contributed by atoms with Gasteiger partial charge in [0.25, 0.3) is 0 Å². The van der Waals surface area contributed by atoms with Gasteiger partial charge >= 0.3 is 0 Å². The molecular formula is C10H11BrClN3. The van der Waals surface area contributed by atoms with E-state index in [0.717, 1.165) is 28.9 Å². The van der Waals surface area contributed by atoms with Gasteiger partial charge in [-0.05, 0) is 35.1 Å². The van der Waals surface area contributed by atoms with Gasteiger partial charge in [0.15, 0.2) is 0 Å². The highest BCUT2D eigenvalue weighted by Crippen LogP contribution is 2.23. The van der Waals surface area contributed by atoms with Crippen LogP contribution in [0.4, 0.5) is 0 Å². The molecule has 0 atom stereocenters. The number of imidazole rings is 1. The number of nitrogens with zero attached hydrogens (tertiary/aromatic N) is 2. The Morgan fingerprint density at radius 3 is 3.07 bits per heavy atom. The van der Waals surface area contributed by atoms with Crippen LogP contribution in [0.3, 0.4) is 0 Å². The van der Waals surface area contributed by atoms with Crippen molar-refractivity contribution < 1.29 is 0 Å². The first-order valence-electron chi connectivity index (χ1n) is 4.70. The molecule has 80 valence electrons. The minimum Gasteiger partial charge on any atom is -0.319 e. The fourth-order valence-electron chi connectivity index (χ4n) is 1.53. The normalized spacial score (nSPS) is 11.1. The summed E-state index contributed by atoms with van der Waals surface area (Å²) in [4.78, 5) is 4.44. The molecule has 0 radical (unpaired) electrons. The number of hydrogen-bond acceptors (Lipinski definition) is 2. The summed E-state index contributed by atoms with van der Waals surface area (Å²) in [5.74, 6) is 0.969. The van der Waals surface area contributed by atoms with Crippen LogP contribution in [-0.4, -0.2) is 23.0 Å². The molecule has 0 unspecified atom stereocenters. The molecule has 2 heterocycles. The highest BCUT2D eigenvalue weighted by atomic mass is 79.9. The van der Waals surface area contributed by atoms with Crippen molar-refractivity contribution in [3.8, 4) is 0 Å². The zero-order valence-corrected chi connectivity index (χ0v) is 10.6. The van der Waals surface area contributed by atoms with Crippen LogP contribution in [0.15, 0.2) is 22.8 Å². The standard InChI is InChI=1S/C10H11BrClN3/c1-13-6-5-9-14-10(11)7-3-2-4-8(12)15(7)9/h2-4,13H,5-6H2,1H3. The van der Waals surface area contributed by atoms with Crippen molar-refractivity contribution in [1.29, 1.82) is 0 Å². The first-order chi connectivity index (χ1) is 7.24. The third-order valence-corrected chi connectivity index (χ3v) is 3.12. The van der Waals surface area contributed by atoms with Crippen molar-refractivity contribution in [3.05, 3.63) is 33.8 Å². The quantitative estimate of drug-likeness (QED) is 0.880. The Labute approximate surface area is 102 Å². The molecule has 0 bridgehead atoms. The molecule has 2 aromatic rings. The minimum atomic E-state index is 0.691. The third-order valence-electron chi connectivity index (χ3n) is 2.24. The van der Waals surface area contributed by atoms with Crippen molar-refractivity contribution in [1.82, 2.24) is 14.7 Å². The van der Waals surface area contributed by atoms with Gasteiger partial charge in [-0.3, -0.25) is 4.40 Å². The lowest BCUT2D eigenvalue weighted by Crippen LogP contribution is -2.12. The summed E-state index contributed by atoms with van der Waals surface area (Å²) in [5.41, 5.74) is 1.01. The Morgan fingerprint density at radius 2 is 2.33 bits per heavy atom. The summed E-state index contributed by atoms with van der Waals surface area (Å²) >= 11 is 9.57. The molecule has 15 heavy (non-hydrogen) atoms. The molecule has 0 saturated carbocycles. The summed E-state index contributed by atoms with van der Waals surface area (Å²) in [6.45, 7) is 0.886. The van der Waals surface area contributed by atoms with Crippen LogP contribution >= 0.6 is 27.5 Å². The molecule has 0 spiro atoms. The third kappa shape index (κ3) is 2.02. The van der Waals surface area contributed by atoms with Crippen LogP contribution in [0.1, 0.15) is 5.82 Å². The maximum atomic E-state index is 6.14. The predicted octanol–water partition coefficient (Wildman–Crippen LogP) is 2.51. The Bertz CT molecular complexity index is 481. The van der Waals surface area contributed by atoms with Gasteiger partial charge in [-0.2, -0.15) is 0 Å². The van der Waals surface area contributed by atoms with E-state index in [4.69, 9.17) is 11.6 Å². The van der Waals surface area contributed by atoms with Crippen LogP contribution in [0.5, 0.6) is 0 Å². The zero-order chi connectivity index (χ0) is 10.8. The Kier molecular flexibility index (Phi) is 3.29.